The third-order valence-electron chi connectivity index (χ3n) is 5.90. The van der Waals surface area contributed by atoms with Crippen LogP contribution in [-0.2, 0) is 4.74 Å². The first kappa shape index (κ1) is 14.2. The first-order chi connectivity index (χ1) is 9.20. The van der Waals surface area contributed by atoms with Crippen molar-refractivity contribution in [3.05, 3.63) is 0 Å². The summed E-state index contributed by atoms with van der Waals surface area (Å²) in [5, 5.41) is 0. The van der Waals surface area contributed by atoms with Crippen molar-refractivity contribution in [1.29, 1.82) is 0 Å². The predicted octanol–water partition coefficient (Wildman–Crippen LogP) is 3.44. The summed E-state index contributed by atoms with van der Waals surface area (Å²) in [7, 11) is 0. The summed E-state index contributed by atoms with van der Waals surface area (Å²) in [6.07, 6.45) is 9.08. The quantitative estimate of drug-likeness (QED) is 0.843. The van der Waals surface area contributed by atoms with Crippen molar-refractivity contribution in [1.82, 2.24) is 0 Å². The highest BCUT2D eigenvalue weighted by atomic mass is 32.2. The normalized spacial score (nSPS) is 40.4. The molecule has 3 rings (SSSR count). The molecule has 110 valence electrons. The second kappa shape index (κ2) is 5.95. The predicted molar refractivity (Wildman–Crippen MR) is 82.4 cm³/mol. The number of hydrogen-bond donors (Lipinski definition) is 1. The van der Waals surface area contributed by atoms with Crippen molar-refractivity contribution in [2.45, 2.75) is 63.5 Å². The summed E-state index contributed by atoms with van der Waals surface area (Å²) in [5.74, 6) is 4.89. The van der Waals surface area contributed by atoms with Crippen molar-refractivity contribution < 1.29 is 4.74 Å². The van der Waals surface area contributed by atoms with Gasteiger partial charge in [-0.05, 0) is 61.4 Å². The van der Waals surface area contributed by atoms with Gasteiger partial charge >= 0.3 is 0 Å². The lowest BCUT2D eigenvalue weighted by Crippen LogP contribution is -2.49. The Bertz CT molecular complexity index is 298. The van der Waals surface area contributed by atoms with E-state index in [-0.39, 0.29) is 5.60 Å². The van der Waals surface area contributed by atoms with Crippen molar-refractivity contribution in [3.8, 4) is 0 Å². The van der Waals surface area contributed by atoms with Gasteiger partial charge in [-0.3, -0.25) is 0 Å². The Kier molecular flexibility index (Phi) is 4.45. The average molecular weight is 283 g/mol. The van der Waals surface area contributed by atoms with Gasteiger partial charge in [-0.15, -0.1) is 0 Å². The Balaban J connectivity index is 1.64. The Hall–Kier alpha value is 0.270. The van der Waals surface area contributed by atoms with Crippen LogP contribution in [0.3, 0.4) is 0 Å². The molecule has 0 aromatic rings. The molecule has 4 unspecified atom stereocenters. The monoisotopic (exact) mass is 283 g/mol. The van der Waals surface area contributed by atoms with Crippen LogP contribution in [-0.4, -0.2) is 29.8 Å². The molecule has 2 nitrogen and oxygen atoms in total. The highest BCUT2D eigenvalue weighted by Gasteiger charge is 2.42. The lowest BCUT2D eigenvalue weighted by molar-refractivity contribution is -0.108. The molecule has 3 aliphatic rings. The van der Waals surface area contributed by atoms with E-state index in [0.29, 0.717) is 12.0 Å². The molecule has 2 saturated heterocycles. The van der Waals surface area contributed by atoms with Crippen LogP contribution in [0, 0.1) is 17.8 Å². The van der Waals surface area contributed by atoms with E-state index in [0.717, 1.165) is 18.4 Å². The van der Waals surface area contributed by atoms with E-state index >= 15 is 0 Å². The van der Waals surface area contributed by atoms with E-state index in [1.165, 1.54) is 56.5 Å². The maximum Gasteiger partial charge on any atom is 0.0701 e. The fourth-order valence-corrected chi connectivity index (χ4v) is 5.82. The minimum Gasteiger partial charge on any atom is -0.375 e. The molecule has 2 aliphatic heterocycles. The Morgan fingerprint density at radius 1 is 1.21 bits per heavy atom. The molecule has 2 heterocycles. The lowest BCUT2D eigenvalue weighted by atomic mass is 9.74. The summed E-state index contributed by atoms with van der Waals surface area (Å²) in [4.78, 5) is 0. The third-order valence-corrected chi connectivity index (χ3v) is 6.89. The molecule has 0 amide bonds. The maximum atomic E-state index is 6.67. The summed E-state index contributed by atoms with van der Waals surface area (Å²) in [6.45, 7) is 3.36. The fourth-order valence-electron chi connectivity index (χ4n) is 4.58. The van der Waals surface area contributed by atoms with Crippen LogP contribution in [0.1, 0.15) is 51.9 Å². The van der Waals surface area contributed by atoms with Crippen molar-refractivity contribution >= 4 is 11.8 Å². The van der Waals surface area contributed by atoms with Gasteiger partial charge in [0.05, 0.1) is 5.60 Å². The van der Waals surface area contributed by atoms with Gasteiger partial charge in [-0.25, -0.2) is 0 Å². The van der Waals surface area contributed by atoms with Gasteiger partial charge < -0.3 is 10.5 Å². The molecule has 4 atom stereocenters. The topological polar surface area (TPSA) is 35.2 Å². The number of hydrogen-bond acceptors (Lipinski definition) is 3. The SMILES string of the molecule is CC1CCCC1C(N)C1CCOC2(CCSCC2)C1. The highest BCUT2D eigenvalue weighted by molar-refractivity contribution is 7.99. The number of ether oxygens (including phenoxy) is 1. The minimum absolute atomic E-state index is 0.202. The molecule has 3 fully saturated rings. The van der Waals surface area contributed by atoms with Gasteiger partial charge in [-0.1, -0.05) is 19.8 Å². The van der Waals surface area contributed by atoms with Crippen LogP contribution in [0.15, 0.2) is 0 Å². The molecule has 0 aromatic heterocycles. The Morgan fingerprint density at radius 3 is 2.68 bits per heavy atom. The Morgan fingerprint density at radius 2 is 2.00 bits per heavy atom. The summed E-state index contributed by atoms with van der Waals surface area (Å²) >= 11 is 2.09. The van der Waals surface area contributed by atoms with Gasteiger partial charge in [0.1, 0.15) is 0 Å². The maximum absolute atomic E-state index is 6.67. The van der Waals surface area contributed by atoms with Crippen molar-refractivity contribution in [2.75, 3.05) is 18.1 Å². The third kappa shape index (κ3) is 2.98. The lowest BCUT2D eigenvalue weighted by Gasteiger charge is -2.46. The summed E-state index contributed by atoms with van der Waals surface area (Å²) in [6, 6.07) is 0.424. The van der Waals surface area contributed by atoms with Crippen LogP contribution < -0.4 is 5.73 Å². The van der Waals surface area contributed by atoms with Crippen LogP contribution in [0.25, 0.3) is 0 Å². The number of rotatable bonds is 2. The van der Waals surface area contributed by atoms with Gasteiger partial charge in [0.15, 0.2) is 0 Å². The van der Waals surface area contributed by atoms with Gasteiger partial charge in [0.25, 0.3) is 0 Å². The number of thioether (sulfide) groups is 1. The zero-order valence-electron chi connectivity index (χ0n) is 12.3. The second-order valence-corrected chi connectivity index (χ2v) is 8.27. The molecular formula is C16H29NOS. The molecule has 1 spiro atoms. The summed E-state index contributed by atoms with van der Waals surface area (Å²) in [5.41, 5.74) is 6.88. The second-order valence-electron chi connectivity index (χ2n) is 7.05. The summed E-state index contributed by atoms with van der Waals surface area (Å²) < 4.78 is 6.21. The van der Waals surface area contributed by atoms with Crippen molar-refractivity contribution in [3.63, 3.8) is 0 Å². The zero-order chi connectivity index (χ0) is 13.3. The van der Waals surface area contributed by atoms with Crippen LogP contribution in [0.2, 0.25) is 0 Å². The molecule has 3 heteroatoms. The molecule has 0 radical (unpaired) electrons. The van der Waals surface area contributed by atoms with E-state index in [4.69, 9.17) is 10.5 Å². The molecule has 2 N–H and O–H groups in total. The smallest absolute Gasteiger partial charge is 0.0701 e. The van der Waals surface area contributed by atoms with Crippen LogP contribution >= 0.6 is 11.8 Å². The fraction of sp³-hybridized carbons (Fsp3) is 1.00. The van der Waals surface area contributed by atoms with Crippen molar-refractivity contribution in [2.24, 2.45) is 23.5 Å². The molecular weight excluding hydrogens is 254 g/mol. The van der Waals surface area contributed by atoms with E-state index in [1.807, 2.05) is 0 Å². The molecule has 1 aliphatic carbocycles. The first-order valence-electron chi connectivity index (χ1n) is 8.17. The van der Waals surface area contributed by atoms with E-state index in [2.05, 4.69) is 18.7 Å². The highest BCUT2D eigenvalue weighted by Crippen LogP contribution is 2.44. The molecule has 19 heavy (non-hydrogen) atoms. The molecule has 0 bridgehead atoms. The van der Waals surface area contributed by atoms with Gasteiger partial charge in [0, 0.05) is 12.6 Å². The first-order valence-corrected chi connectivity index (χ1v) is 9.33. The Labute approximate surface area is 122 Å². The van der Waals surface area contributed by atoms with Gasteiger partial charge in [-0.2, -0.15) is 11.8 Å². The molecule has 1 saturated carbocycles. The standard InChI is InChI=1S/C16H29NOS/c1-12-3-2-4-14(12)15(17)13-5-8-18-16(11-13)6-9-19-10-7-16/h12-15H,2-11,17H2,1H3. The van der Waals surface area contributed by atoms with E-state index < -0.39 is 0 Å². The zero-order valence-corrected chi connectivity index (χ0v) is 13.1. The largest absolute Gasteiger partial charge is 0.375 e. The van der Waals surface area contributed by atoms with Gasteiger partial charge in [0.2, 0.25) is 0 Å². The van der Waals surface area contributed by atoms with Crippen LogP contribution in [0.4, 0.5) is 0 Å². The van der Waals surface area contributed by atoms with E-state index in [1.54, 1.807) is 0 Å². The molecule has 0 aromatic carbocycles. The minimum atomic E-state index is 0.202. The number of nitrogens with two attached hydrogens (primary N) is 1. The van der Waals surface area contributed by atoms with Crippen LogP contribution in [0.5, 0.6) is 0 Å². The van der Waals surface area contributed by atoms with E-state index in [9.17, 15) is 0 Å². The average Bonchev–Trinajstić information content (AvgIpc) is 2.85.